The van der Waals surface area contributed by atoms with Gasteiger partial charge in [-0.25, -0.2) is 5.43 Å². The number of alkyl halides is 3. The zero-order chi connectivity index (χ0) is 25.7. The number of nitrogens with one attached hydrogen (secondary N) is 2. The Kier molecular flexibility index (Phi) is 7.02. The second-order valence-corrected chi connectivity index (χ2v) is 8.44. The third-order valence-electron chi connectivity index (χ3n) is 5.77. The first-order valence-electron chi connectivity index (χ1n) is 11.8. The molecule has 0 spiro atoms. The summed E-state index contributed by atoms with van der Waals surface area (Å²) in [6.07, 6.45) is 0.160. The minimum Gasteiger partial charge on any atom is -0.455 e. The fraction of sp³-hybridized carbons (Fsp3) is 0.231. The van der Waals surface area contributed by atoms with Gasteiger partial charge in [-0.15, -0.1) is 0 Å². The lowest BCUT2D eigenvalue weighted by Crippen LogP contribution is -2.31. The van der Waals surface area contributed by atoms with Gasteiger partial charge in [-0.2, -0.15) is 33.2 Å². The summed E-state index contributed by atoms with van der Waals surface area (Å²) in [7, 11) is 0. The van der Waals surface area contributed by atoms with Crippen LogP contribution in [0.2, 0.25) is 0 Å². The minimum absolute atomic E-state index is 0.0390. The maximum Gasteiger partial charge on any atom is 0.417 e. The van der Waals surface area contributed by atoms with Crippen LogP contribution in [-0.4, -0.2) is 34.3 Å². The van der Waals surface area contributed by atoms with Crippen LogP contribution in [0, 0.1) is 0 Å². The first kappa shape index (κ1) is 24.3. The zero-order valence-electron chi connectivity index (χ0n) is 19.7. The van der Waals surface area contributed by atoms with Gasteiger partial charge in [0, 0.05) is 24.3 Å². The van der Waals surface area contributed by atoms with Gasteiger partial charge in [-0.3, -0.25) is 0 Å². The van der Waals surface area contributed by atoms with Crippen LogP contribution in [0.4, 0.5) is 36.7 Å². The molecule has 3 heterocycles. The molecule has 0 amide bonds. The zero-order valence-corrected chi connectivity index (χ0v) is 19.7. The number of aromatic nitrogens is 3. The second kappa shape index (κ2) is 10.7. The molecule has 8 nitrogen and oxygen atoms in total. The van der Waals surface area contributed by atoms with Crippen LogP contribution >= 0.6 is 0 Å². The van der Waals surface area contributed by atoms with Crippen molar-refractivity contribution in [1.82, 2.24) is 15.0 Å². The van der Waals surface area contributed by atoms with Crippen LogP contribution in [0.1, 0.15) is 30.6 Å². The van der Waals surface area contributed by atoms with Crippen LogP contribution in [0.15, 0.2) is 76.2 Å². The highest BCUT2D eigenvalue weighted by Crippen LogP contribution is 2.37. The molecule has 0 bridgehead atoms. The first-order valence-corrected chi connectivity index (χ1v) is 11.8. The van der Waals surface area contributed by atoms with Gasteiger partial charge in [-0.05, 0) is 49.6 Å². The smallest absolute Gasteiger partial charge is 0.417 e. The summed E-state index contributed by atoms with van der Waals surface area (Å²) >= 11 is 0. The molecule has 1 aliphatic rings. The summed E-state index contributed by atoms with van der Waals surface area (Å²) in [5, 5.41) is 7.31. The molecule has 190 valence electrons. The van der Waals surface area contributed by atoms with Crippen LogP contribution in [0.3, 0.4) is 0 Å². The van der Waals surface area contributed by atoms with E-state index in [0.29, 0.717) is 11.9 Å². The number of hydrazone groups is 1. The third-order valence-corrected chi connectivity index (χ3v) is 5.77. The summed E-state index contributed by atoms with van der Waals surface area (Å²) in [5.74, 6) is 1.49. The number of nitrogens with zero attached hydrogens (tertiary/aromatic N) is 5. The Hall–Kier alpha value is -4.41. The molecule has 1 saturated heterocycles. The molecule has 2 N–H and O–H groups in total. The van der Waals surface area contributed by atoms with Crippen molar-refractivity contribution in [3.05, 3.63) is 78.1 Å². The van der Waals surface area contributed by atoms with E-state index in [0.717, 1.165) is 37.7 Å². The highest BCUT2D eigenvalue weighted by Gasteiger charge is 2.34. The molecule has 0 unspecified atom stereocenters. The predicted octanol–water partition coefficient (Wildman–Crippen LogP) is 6.33. The molecule has 4 aromatic rings. The van der Waals surface area contributed by atoms with E-state index < -0.39 is 11.7 Å². The van der Waals surface area contributed by atoms with Gasteiger partial charge in [0.15, 0.2) is 0 Å². The van der Waals surface area contributed by atoms with Crippen molar-refractivity contribution in [3.8, 4) is 11.3 Å². The summed E-state index contributed by atoms with van der Waals surface area (Å²) < 4.78 is 45.7. The van der Waals surface area contributed by atoms with E-state index in [1.807, 2.05) is 30.3 Å². The molecule has 2 aromatic heterocycles. The molecule has 0 atom stereocenters. The highest BCUT2D eigenvalue weighted by atomic mass is 19.4. The number of piperidine rings is 1. The molecule has 0 radical (unpaired) electrons. The molecule has 11 heteroatoms. The Bertz CT molecular complexity index is 1370. The van der Waals surface area contributed by atoms with Crippen molar-refractivity contribution in [2.24, 2.45) is 5.10 Å². The van der Waals surface area contributed by atoms with Crippen molar-refractivity contribution >= 4 is 29.7 Å². The Morgan fingerprint density at radius 1 is 0.838 bits per heavy atom. The van der Waals surface area contributed by atoms with Crippen molar-refractivity contribution < 1.29 is 17.6 Å². The quantitative estimate of drug-likeness (QED) is 0.223. The number of hydrogen-bond donors (Lipinski definition) is 2. The number of rotatable bonds is 7. The monoisotopic (exact) mass is 507 g/mol. The van der Waals surface area contributed by atoms with E-state index in [1.165, 1.54) is 36.9 Å². The number of halogens is 3. The number of para-hydroxylation sites is 1. The van der Waals surface area contributed by atoms with Crippen LogP contribution in [-0.2, 0) is 6.18 Å². The predicted molar refractivity (Wildman–Crippen MR) is 136 cm³/mol. The van der Waals surface area contributed by atoms with E-state index >= 15 is 0 Å². The molecular formula is C26H24F3N7O. The third kappa shape index (κ3) is 6.05. The Balaban J connectivity index is 1.35. The Morgan fingerprint density at radius 2 is 1.57 bits per heavy atom. The molecule has 37 heavy (non-hydrogen) atoms. The lowest BCUT2D eigenvalue weighted by Gasteiger charge is -2.26. The molecule has 1 fully saturated rings. The number of hydrogen-bond acceptors (Lipinski definition) is 8. The molecular weight excluding hydrogens is 483 g/mol. The largest absolute Gasteiger partial charge is 0.455 e. The van der Waals surface area contributed by atoms with Gasteiger partial charge in [0.05, 0.1) is 11.8 Å². The van der Waals surface area contributed by atoms with E-state index in [9.17, 15) is 13.2 Å². The fourth-order valence-electron chi connectivity index (χ4n) is 4.02. The average molecular weight is 508 g/mol. The average Bonchev–Trinajstić information content (AvgIpc) is 3.38. The van der Waals surface area contributed by atoms with Gasteiger partial charge < -0.3 is 14.6 Å². The summed E-state index contributed by atoms with van der Waals surface area (Å²) in [5.41, 5.74) is 2.81. The van der Waals surface area contributed by atoms with Crippen LogP contribution < -0.4 is 15.6 Å². The summed E-state index contributed by atoms with van der Waals surface area (Å²) in [6.45, 7) is 1.71. The number of furan rings is 1. The second-order valence-electron chi connectivity index (χ2n) is 8.44. The van der Waals surface area contributed by atoms with E-state index in [4.69, 9.17) is 4.42 Å². The van der Waals surface area contributed by atoms with Gasteiger partial charge >= 0.3 is 6.18 Å². The van der Waals surface area contributed by atoms with Crippen molar-refractivity contribution in [2.45, 2.75) is 25.4 Å². The number of anilines is 4. The van der Waals surface area contributed by atoms with E-state index in [-0.39, 0.29) is 23.0 Å². The fourth-order valence-corrected chi connectivity index (χ4v) is 4.02. The highest BCUT2D eigenvalue weighted by molar-refractivity contribution is 5.78. The lowest BCUT2D eigenvalue weighted by atomic mass is 10.1. The summed E-state index contributed by atoms with van der Waals surface area (Å²) in [4.78, 5) is 15.6. The molecule has 1 aliphatic heterocycles. The maximum atomic E-state index is 13.4. The Labute approximate surface area is 211 Å². The van der Waals surface area contributed by atoms with E-state index in [2.05, 4.69) is 35.7 Å². The molecule has 5 rings (SSSR count). The van der Waals surface area contributed by atoms with Gasteiger partial charge in [-0.1, -0.05) is 36.4 Å². The van der Waals surface area contributed by atoms with Gasteiger partial charge in [0.25, 0.3) is 0 Å². The minimum atomic E-state index is -4.49. The van der Waals surface area contributed by atoms with Crippen molar-refractivity contribution in [1.29, 1.82) is 0 Å². The first-order chi connectivity index (χ1) is 18.0. The summed E-state index contributed by atoms with van der Waals surface area (Å²) in [6, 6.07) is 17.8. The van der Waals surface area contributed by atoms with E-state index in [1.54, 1.807) is 6.07 Å². The van der Waals surface area contributed by atoms with Crippen molar-refractivity contribution in [3.63, 3.8) is 0 Å². The number of benzene rings is 2. The lowest BCUT2D eigenvalue weighted by molar-refractivity contribution is -0.137. The van der Waals surface area contributed by atoms with Crippen LogP contribution in [0.25, 0.3) is 11.3 Å². The molecule has 2 aromatic carbocycles. The van der Waals surface area contributed by atoms with Gasteiger partial charge in [0.1, 0.15) is 11.5 Å². The van der Waals surface area contributed by atoms with Gasteiger partial charge in [0.2, 0.25) is 17.8 Å². The normalized spacial score (nSPS) is 14.2. The van der Waals surface area contributed by atoms with Crippen LogP contribution in [0.5, 0.6) is 0 Å². The topological polar surface area (TPSA) is 91.5 Å². The SMILES string of the molecule is FC(F)(F)c1ccccc1-c1ccc(/C=N\Nc2nc(Nc3ccccc3)nc(N3CCCCC3)n2)o1. The molecule has 0 saturated carbocycles. The maximum absolute atomic E-state index is 13.4. The molecule has 0 aliphatic carbocycles. The van der Waals surface area contributed by atoms with Crippen molar-refractivity contribution in [2.75, 3.05) is 28.7 Å². The Morgan fingerprint density at radius 3 is 2.35 bits per heavy atom. The standard InChI is InChI=1S/C26H24F3N7O/c27-26(28,29)21-12-6-5-11-20(21)22-14-13-19(37-22)17-30-35-24-32-23(31-18-9-3-1-4-10-18)33-25(34-24)36-15-7-2-8-16-36/h1,3-6,9-14,17H,2,7-8,15-16H2,(H2,31,32,33,34,35)/b30-17-.